The predicted octanol–water partition coefficient (Wildman–Crippen LogP) is 7.59. The first-order valence-electron chi connectivity index (χ1n) is 15.3. The Balaban J connectivity index is 0.00000116. The number of unbranched alkanes of at least 4 members (excludes halogenated alkanes) is 2. The molecule has 2 N–H and O–H groups in total. The molecule has 11 heteroatoms. The zero-order valence-electron chi connectivity index (χ0n) is 27.3. The van der Waals surface area contributed by atoms with Gasteiger partial charge in [0.1, 0.15) is 30.3 Å². The molecule has 2 saturated heterocycles. The zero-order chi connectivity index (χ0) is 33.1. The average molecular weight is 657 g/mol. The van der Waals surface area contributed by atoms with Gasteiger partial charge in [0.05, 0.1) is 27.7 Å². The number of rotatable bonds is 10. The van der Waals surface area contributed by atoms with Crippen molar-refractivity contribution in [3.05, 3.63) is 47.1 Å². The Bertz CT molecular complexity index is 1090. The van der Waals surface area contributed by atoms with Crippen LogP contribution in [-0.2, 0) is 20.6 Å². The molecule has 1 aromatic carbocycles. The van der Waals surface area contributed by atoms with E-state index in [0.717, 1.165) is 61.8 Å². The van der Waals surface area contributed by atoms with Crippen LogP contribution in [0.15, 0.2) is 45.9 Å². The van der Waals surface area contributed by atoms with Crippen LogP contribution >= 0.6 is 23.2 Å². The molecule has 0 aromatic heterocycles. The van der Waals surface area contributed by atoms with Crippen LogP contribution in [-0.4, -0.2) is 81.5 Å². The van der Waals surface area contributed by atoms with Crippen molar-refractivity contribution in [3.8, 4) is 11.5 Å². The van der Waals surface area contributed by atoms with Gasteiger partial charge in [0.25, 0.3) is 0 Å². The van der Waals surface area contributed by atoms with Crippen molar-refractivity contribution in [2.45, 2.75) is 91.6 Å². The lowest BCUT2D eigenvalue weighted by Crippen LogP contribution is -2.21. The summed E-state index contributed by atoms with van der Waals surface area (Å²) in [5.74, 6) is 1.15. The highest BCUT2D eigenvalue weighted by atomic mass is 35.5. The normalized spacial score (nSPS) is 21.5. The van der Waals surface area contributed by atoms with Crippen LogP contribution in [0.2, 0.25) is 6.80 Å². The molecule has 8 nitrogen and oxygen atoms in total. The number of phenolic OH excluding ortho intramolecular Hbond substituents is 1. The lowest BCUT2D eigenvalue weighted by molar-refractivity contribution is 0.205. The second kappa shape index (κ2) is 23.3. The number of phenols is 1. The SMILES string of the molecule is C.C=C(C)[C@@H]1CCC(C)=C[C@H]1c1c(O)cc(CCCCC)cc1OC(=NC)OCC1CO1.CN=C(Cl)Cl.OCC1CO1.[2H]C[B]. The number of aliphatic imine (C=N–C) groups is 2. The number of epoxide rings is 2. The van der Waals surface area contributed by atoms with Crippen molar-refractivity contribution >= 4 is 41.8 Å². The van der Waals surface area contributed by atoms with Crippen LogP contribution in [0, 0.1) is 5.92 Å². The molecule has 248 valence electrons. The largest absolute Gasteiger partial charge is 0.507 e. The molecule has 2 unspecified atom stereocenters. The summed E-state index contributed by atoms with van der Waals surface area (Å²) in [4.78, 5) is 7.51. The summed E-state index contributed by atoms with van der Waals surface area (Å²) < 4.78 is 27.8. The van der Waals surface area contributed by atoms with E-state index < -0.39 is 0 Å². The van der Waals surface area contributed by atoms with Crippen LogP contribution < -0.4 is 4.74 Å². The van der Waals surface area contributed by atoms with Gasteiger partial charge in [-0.3, -0.25) is 4.99 Å². The van der Waals surface area contributed by atoms with E-state index in [4.69, 9.17) is 43.9 Å². The van der Waals surface area contributed by atoms with Crippen molar-refractivity contribution in [1.29, 1.82) is 0 Å². The van der Waals surface area contributed by atoms with Crippen LogP contribution in [0.5, 0.6) is 11.5 Å². The molecular weight excluding hydrogens is 602 g/mol. The predicted molar refractivity (Wildman–Crippen MR) is 185 cm³/mol. The maximum atomic E-state index is 11.1. The van der Waals surface area contributed by atoms with Crippen molar-refractivity contribution in [1.82, 2.24) is 0 Å². The molecule has 1 aliphatic carbocycles. The molecule has 4 atom stereocenters. The van der Waals surface area contributed by atoms with E-state index in [0.29, 0.717) is 19.0 Å². The number of benzene rings is 1. The number of allylic oxidation sites excluding steroid dienone is 3. The number of nitrogens with zero attached hydrogens (tertiary/aromatic N) is 2. The van der Waals surface area contributed by atoms with E-state index in [2.05, 4.69) is 56.0 Å². The van der Waals surface area contributed by atoms with Gasteiger partial charge in [-0.25, -0.2) is 4.99 Å². The van der Waals surface area contributed by atoms with E-state index in [1.165, 1.54) is 12.6 Å². The Kier molecular flexibility index (Phi) is 21.2. The summed E-state index contributed by atoms with van der Waals surface area (Å²) >= 11 is 9.96. The van der Waals surface area contributed by atoms with Crippen molar-refractivity contribution < 1.29 is 30.5 Å². The highest BCUT2D eigenvalue weighted by Gasteiger charge is 2.31. The molecule has 0 amide bonds. The molecule has 4 rings (SSSR count). The number of aliphatic hydroxyl groups is 1. The molecule has 2 aliphatic heterocycles. The van der Waals surface area contributed by atoms with Crippen molar-refractivity contribution in [2.24, 2.45) is 15.9 Å². The maximum absolute atomic E-state index is 11.1. The van der Waals surface area contributed by atoms with Crippen molar-refractivity contribution in [3.63, 3.8) is 0 Å². The number of hydrogen-bond donors (Lipinski definition) is 2. The van der Waals surface area contributed by atoms with Gasteiger partial charge in [-0.2, -0.15) is 0 Å². The summed E-state index contributed by atoms with van der Waals surface area (Å²) in [7, 11) is 7.68. The lowest BCUT2D eigenvalue weighted by atomic mass is 9.73. The fourth-order valence-electron chi connectivity index (χ4n) is 4.45. The van der Waals surface area contributed by atoms with Crippen LogP contribution in [0.1, 0.15) is 78.7 Å². The fraction of sp³-hybridized carbons (Fsp3) is 0.636. The standard InChI is InChI=1S/C26H37NO4.C3H6O2.C2H3Cl2N.CH3B.CH4/c1-6-7-8-9-19-13-23(28)25(22-12-18(4)10-11-21(22)17(2)3)24(14-19)31-26(27-5)30-16-20-15-29-20;4-1-3-2-5-3;1-5-2(3)4;1-2;/h12-14,20-22,28H,2,6-11,15-16H2,1,3-5H3;3-4H,1-2H2;1H3;1H3;1H4/t20?,21-,22+;;;;/m0..../s1/i;;;1D;. The highest BCUT2D eigenvalue weighted by molar-refractivity contribution is 6.95. The monoisotopic (exact) mass is 655 g/mol. The van der Waals surface area contributed by atoms with Gasteiger partial charge in [0.2, 0.25) is 0 Å². The summed E-state index contributed by atoms with van der Waals surface area (Å²) in [6.45, 7) is 12.7. The Morgan fingerprint density at radius 2 is 1.80 bits per heavy atom. The van der Waals surface area contributed by atoms with Gasteiger partial charge in [0, 0.05) is 26.9 Å². The summed E-state index contributed by atoms with van der Waals surface area (Å²) in [6, 6.07) is 3.94. The number of ether oxygens (including phenoxy) is 4. The smallest absolute Gasteiger partial charge is 0.388 e. The summed E-state index contributed by atoms with van der Waals surface area (Å²) in [5.41, 5.74) is 4.30. The third-order valence-corrected chi connectivity index (χ3v) is 7.25. The number of halogens is 2. The average Bonchev–Trinajstić information content (AvgIpc) is 3.91. The van der Waals surface area contributed by atoms with Gasteiger partial charge in [-0.15, -0.1) is 0 Å². The molecule has 2 fully saturated rings. The first-order chi connectivity index (χ1) is 21.0. The molecule has 1 aromatic rings. The Morgan fingerprint density at radius 3 is 2.25 bits per heavy atom. The van der Waals surface area contributed by atoms with Gasteiger partial charge in [0.15, 0.2) is 4.63 Å². The lowest BCUT2D eigenvalue weighted by Gasteiger charge is -2.32. The molecule has 0 bridgehead atoms. The second-order valence-electron chi connectivity index (χ2n) is 10.5. The van der Waals surface area contributed by atoms with E-state index in [9.17, 15) is 5.11 Å². The molecule has 0 saturated carbocycles. The van der Waals surface area contributed by atoms with E-state index in [-0.39, 0.29) is 61.3 Å². The third kappa shape index (κ3) is 16.3. The highest BCUT2D eigenvalue weighted by Crippen LogP contribution is 2.47. The summed E-state index contributed by atoms with van der Waals surface area (Å²) in [5, 5.41) is 19.2. The number of hydrogen-bond acceptors (Lipinski definition) is 8. The Hall–Kier alpha value is -2.04. The molecule has 2 heterocycles. The fourth-order valence-corrected chi connectivity index (χ4v) is 4.45. The van der Waals surface area contributed by atoms with Gasteiger partial charge in [-0.05, 0) is 86.3 Å². The number of aromatic hydroxyl groups is 1. The Labute approximate surface area is 278 Å². The van der Waals surface area contributed by atoms with Crippen LogP contribution in [0.25, 0.3) is 0 Å². The number of aryl methyl sites for hydroxylation is 1. The molecular formula is C33H53BCl2N2O6. The minimum Gasteiger partial charge on any atom is -0.507 e. The minimum absolute atomic E-state index is 0. The van der Waals surface area contributed by atoms with Crippen LogP contribution in [0.3, 0.4) is 0 Å². The maximum Gasteiger partial charge on any atom is 0.388 e. The van der Waals surface area contributed by atoms with Crippen LogP contribution in [0.4, 0.5) is 0 Å². The molecule has 44 heavy (non-hydrogen) atoms. The van der Waals surface area contributed by atoms with Gasteiger partial charge in [-0.1, -0.05) is 57.8 Å². The quantitative estimate of drug-likeness (QED) is 0.0671. The second-order valence-corrected chi connectivity index (χ2v) is 11.4. The summed E-state index contributed by atoms with van der Waals surface area (Å²) in [6.07, 6.45) is 9.12. The first-order valence-corrected chi connectivity index (χ1v) is 15.4. The van der Waals surface area contributed by atoms with Gasteiger partial charge >= 0.3 is 6.08 Å². The van der Waals surface area contributed by atoms with Crippen molar-refractivity contribution in [2.75, 3.05) is 40.5 Å². The Morgan fingerprint density at radius 1 is 1.18 bits per heavy atom. The first kappa shape index (κ1) is 40.0. The number of aliphatic hydroxyl groups excluding tert-OH is 1. The third-order valence-electron chi connectivity index (χ3n) is 6.91. The molecule has 0 spiro atoms. The minimum atomic E-state index is 0. The topological polar surface area (TPSA) is 109 Å². The van der Waals surface area contributed by atoms with Gasteiger partial charge < -0.3 is 29.2 Å². The van der Waals surface area contributed by atoms with E-state index in [1.54, 1.807) is 7.05 Å². The molecule has 2 radical (unpaired) electrons. The van der Waals surface area contributed by atoms with E-state index in [1.807, 2.05) is 12.1 Å². The zero-order valence-corrected chi connectivity index (χ0v) is 27.8. The molecule has 3 aliphatic rings. The van der Waals surface area contributed by atoms with E-state index >= 15 is 0 Å².